The summed E-state index contributed by atoms with van der Waals surface area (Å²) < 4.78 is 10.5. The molecule has 0 aromatic heterocycles. The first kappa shape index (κ1) is 20.1. The van der Waals surface area contributed by atoms with Crippen molar-refractivity contribution in [2.24, 2.45) is 0 Å². The van der Waals surface area contributed by atoms with Crippen LogP contribution in [0.15, 0.2) is 54.6 Å². The van der Waals surface area contributed by atoms with E-state index in [2.05, 4.69) is 17.2 Å². The zero-order valence-corrected chi connectivity index (χ0v) is 15.7. The maximum Gasteiger partial charge on any atom is 0.408 e. The highest BCUT2D eigenvalue weighted by Crippen LogP contribution is 2.14. The monoisotopic (exact) mass is 365 g/mol. The van der Waals surface area contributed by atoms with Gasteiger partial charge in [-0.05, 0) is 38.5 Å². The number of alkyl carbamates (subject to hydrolysis) is 1. The third kappa shape index (κ3) is 7.25. The molecule has 27 heavy (non-hydrogen) atoms. The predicted molar refractivity (Wildman–Crippen MR) is 103 cm³/mol. The van der Waals surface area contributed by atoms with Gasteiger partial charge in [0.25, 0.3) is 0 Å². The molecule has 0 aliphatic rings. The van der Waals surface area contributed by atoms with Crippen LogP contribution in [0.25, 0.3) is 0 Å². The van der Waals surface area contributed by atoms with Gasteiger partial charge in [-0.25, -0.2) is 9.59 Å². The summed E-state index contributed by atoms with van der Waals surface area (Å²) in [5.74, 6) is 5.28. The van der Waals surface area contributed by atoms with E-state index >= 15 is 0 Å². The number of carbonyl (C=O) groups is 2. The molecule has 0 fully saturated rings. The van der Waals surface area contributed by atoms with E-state index in [0.29, 0.717) is 11.1 Å². The quantitative estimate of drug-likeness (QED) is 0.659. The Kier molecular flexibility index (Phi) is 7.01. The van der Waals surface area contributed by atoms with Crippen molar-refractivity contribution < 1.29 is 19.1 Å². The Balaban J connectivity index is 1.88. The minimum Gasteiger partial charge on any atom is -0.456 e. The van der Waals surface area contributed by atoms with Gasteiger partial charge in [0.05, 0.1) is 12.1 Å². The topological polar surface area (TPSA) is 64.6 Å². The van der Waals surface area contributed by atoms with Crippen molar-refractivity contribution in [3.8, 4) is 11.8 Å². The highest BCUT2D eigenvalue weighted by molar-refractivity contribution is 5.92. The first-order valence-electron chi connectivity index (χ1n) is 8.61. The van der Waals surface area contributed by atoms with E-state index in [1.165, 1.54) is 0 Å². The first-order valence-corrected chi connectivity index (χ1v) is 8.61. The fourth-order valence-electron chi connectivity index (χ4n) is 2.13. The minimum atomic E-state index is -0.582. The third-order valence-corrected chi connectivity index (χ3v) is 3.30. The highest BCUT2D eigenvalue weighted by Gasteiger charge is 2.19. The highest BCUT2D eigenvalue weighted by atomic mass is 16.6. The van der Waals surface area contributed by atoms with Crippen LogP contribution in [-0.4, -0.2) is 24.2 Å². The lowest BCUT2D eigenvalue weighted by Crippen LogP contribution is -2.24. The minimum absolute atomic E-state index is 0.107. The lowest BCUT2D eigenvalue weighted by Gasteiger charge is -2.19. The number of esters is 1. The maximum atomic E-state index is 12.3. The zero-order chi connectivity index (χ0) is 19.7. The predicted octanol–water partition coefficient (Wildman–Crippen LogP) is 3.92. The molecule has 0 spiro atoms. The summed E-state index contributed by atoms with van der Waals surface area (Å²) >= 11 is 0. The van der Waals surface area contributed by atoms with Gasteiger partial charge in [0.15, 0.2) is 0 Å². The second-order valence-electron chi connectivity index (χ2n) is 6.76. The van der Waals surface area contributed by atoms with Gasteiger partial charge < -0.3 is 14.8 Å². The molecular weight excluding hydrogens is 342 g/mol. The molecule has 2 aromatic carbocycles. The van der Waals surface area contributed by atoms with Gasteiger partial charge in [0.1, 0.15) is 12.2 Å². The van der Waals surface area contributed by atoms with Crippen LogP contribution in [0.4, 0.5) is 4.79 Å². The second kappa shape index (κ2) is 9.44. The van der Waals surface area contributed by atoms with Gasteiger partial charge in [-0.15, -0.1) is 0 Å². The van der Waals surface area contributed by atoms with E-state index in [4.69, 9.17) is 9.47 Å². The van der Waals surface area contributed by atoms with E-state index in [-0.39, 0.29) is 13.2 Å². The van der Waals surface area contributed by atoms with Crippen molar-refractivity contribution in [2.75, 3.05) is 6.54 Å². The standard InChI is InChI=1S/C22H23NO4/c1-22(2,3)27-20(24)19-14-8-7-12-18(19)13-9-15-23-21(25)26-16-17-10-5-4-6-11-17/h4-8,10-12,14H,15-16H2,1-3H3,(H,23,25). The third-order valence-electron chi connectivity index (χ3n) is 3.30. The van der Waals surface area contributed by atoms with Crippen molar-refractivity contribution in [3.63, 3.8) is 0 Å². The number of hydrogen-bond donors (Lipinski definition) is 1. The van der Waals surface area contributed by atoms with Gasteiger partial charge >= 0.3 is 12.1 Å². The smallest absolute Gasteiger partial charge is 0.408 e. The Morgan fingerprint density at radius 2 is 1.67 bits per heavy atom. The molecule has 0 aliphatic carbocycles. The molecule has 0 bridgehead atoms. The van der Waals surface area contributed by atoms with Crippen LogP contribution in [0.3, 0.4) is 0 Å². The van der Waals surface area contributed by atoms with Crippen molar-refractivity contribution in [2.45, 2.75) is 33.0 Å². The second-order valence-corrected chi connectivity index (χ2v) is 6.76. The Bertz CT molecular complexity index is 842. The van der Waals surface area contributed by atoms with Gasteiger partial charge in [-0.3, -0.25) is 0 Å². The fraction of sp³-hybridized carbons (Fsp3) is 0.273. The normalized spacial score (nSPS) is 10.3. The van der Waals surface area contributed by atoms with Crippen molar-refractivity contribution in [1.82, 2.24) is 5.32 Å². The number of rotatable bonds is 4. The van der Waals surface area contributed by atoms with Gasteiger partial charge in [-0.1, -0.05) is 54.3 Å². The molecule has 0 unspecified atom stereocenters. The van der Waals surface area contributed by atoms with Crippen LogP contribution in [-0.2, 0) is 16.1 Å². The molecule has 1 N–H and O–H groups in total. The summed E-state index contributed by atoms with van der Waals surface area (Å²) in [6, 6.07) is 16.4. The molecule has 5 nitrogen and oxygen atoms in total. The van der Waals surface area contributed by atoms with Crippen LogP contribution in [0.2, 0.25) is 0 Å². The molecule has 2 rings (SSSR count). The van der Waals surface area contributed by atoms with Gasteiger partial charge in [-0.2, -0.15) is 0 Å². The van der Waals surface area contributed by atoms with Crippen LogP contribution in [0.5, 0.6) is 0 Å². The molecule has 0 radical (unpaired) electrons. The van der Waals surface area contributed by atoms with Crippen molar-refractivity contribution >= 4 is 12.1 Å². The summed E-state index contributed by atoms with van der Waals surface area (Å²) in [5.41, 5.74) is 1.27. The largest absolute Gasteiger partial charge is 0.456 e. The molecule has 0 atom stereocenters. The lowest BCUT2D eigenvalue weighted by molar-refractivity contribution is 0.00692. The van der Waals surface area contributed by atoms with E-state index in [9.17, 15) is 9.59 Å². The number of carbonyl (C=O) groups excluding carboxylic acids is 2. The first-order chi connectivity index (χ1) is 12.8. The van der Waals surface area contributed by atoms with Crippen molar-refractivity contribution in [1.29, 1.82) is 0 Å². The number of nitrogens with one attached hydrogen (secondary N) is 1. The molecular formula is C22H23NO4. The molecule has 1 amide bonds. The fourth-order valence-corrected chi connectivity index (χ4v) is 2.13. The number of amides is 1. The van der Waals surface area contributed by atoms with Gasteiger partial charge in [0, 0.05) is 5.56 Å². The molecule has 5 heteroatoms. The number of hydrogen-bond acceptors (Lipinski definition) is 4. The number of ether oxygens (including phenoxy) is 2. The van der Waals surface area contributed by atoms with E-state index in [0.717, 1.165) is 5.56 Å². The average Bonchev–Trinajstić information content (AvgIpc) is 2.63. The molecule has 0 saturated carbocycles. The molecule has 0 saturated heterocycles. The molecule has 140 valence electrons. The Hall–Kier alpha value is -3.26. The van der Waals surface area contributed by atoms with Crippen LogP contribution < -0.4 is 5.32 Å². The van der Waals surface area contributed by atoms with Gasteiger partial charge in [0.2, 0.25) is 0 Å². The Morgan fingerprint density at radius 1 is 1.00 bits per heavy atom. The summed E-state index contributed by atoms with van der Waals surface area (Å²) in [6.45, 7) is 5.73. The van der Waals surface area contributed by atoms with E-state index in [1.807, 2.05) is 51.1 Å². The summed E-state index contributed by atoms with van der Waals surface area (Å²) in [7, 11) is 0. The van der Waals surface area contributed by atoms with Crippen LogP contribution in [0, 0.1) is 11.8 Å². The SMILES string of the molecule is CC(C)(C)OC(=O)c1ccccc1C#CCNC(=O)OCc1ccccc1. The maximum absolute atomic E-state index is 12.3. The zero-order valence-electron chi connectivity index (χ0n) is 15.7. The Morgan fingerprint density at radius 3 is 2.37 bits per heavy atom. The molecule has 0 aliphatic heterocycles. The lowest BCUT2D eigenvalue weighted by atomic mass is 10.1. The van der Waals surface area contributed by atoms with E-state index in [1.54, 1.807) is 24.3 Å². The van der Waals surface area contributed by atoms with Crippen LogP contribution >= 0.6 is 0 Å². The summed E-state index contributed by atoms with van der Waals surface area (Å²) in [6.07, 6.45) is -0.548. The van der Waals surface area contributed by atoms with Crippen molar-refractivity contribution in [3.05, 3.63) is 71.3 Å². The summed E-state index contributed by atoms with van der Waals surface area (Å²) in [4.78, 5) is 23.9. The average molecular weight is 365 g/mol. The molecule has 0 heterocycles. The Labute approximate surface area is 159 Å². The number of benzene rings is 2. The molecule has 2 aromatic rings. The van der Waals surface area contributed by atoms with E-state index < -0.39 is 17.7 Å². The summed E-state index contributed by atoms with van der Waals surface area (Å²) in [5, 5.41) is 2.56. The van der Waals surface area contributed by atoms with Crippen LogP contribution in [0.1, 0.15) is 42.3 Å².